The number of halogens is 1. The first kappa shape index (κ1) is 20.1. The van der Waals surface area contributed by atoms with Gasteiger partial charge in [0.05, 0.1) is 11.5 Å². The number of hydrogen-bond donors (Lipinski definition) is 1. The summed E-state index contributed by atoms with van der Waals surface area (Å²) in [6.07, 6.45) is 2.17. The van der Waals surface area contributed by atoms with Crippen LogP contribution in [0.4, 0.5) is 15.1 Å². The molecule has 1 aromatic carbocycles. The van der Waals surface area contributed by atoms with E-state index in [4.69, 9.17) is 4.74 Å². The summed E-state index contributed by atoms with van der Waals surface area (Å²) in [5.41, 5.74) is 1.01. The molecule has 150 valence electrons. The lowest BCUT2D eigenvalue weighted by Crippen LogP contribution is -2.20. The van der Waals surface area contributed by atoms with Crippen molar-refractivity contribution in [3.05, 3.63) is 63.5 Å². The Bertz CT molecular complexity index is 1060. The van der Waals surface area contributed by atoms with Gasteiger partial charge in [0.25, 0.3) is 0 Å². The Balaban J connectivity index is 1.85. The molecule has 9 nitrogen and oxygen atoms in total. The molecule has 3 rings (SSSR count). The van der Waals surface area contributed by atoms with Crippen molar-refractivity contribution in [3.63, 3.8) is 0 Å². The molecule has 0 aliphatic rings. The van der Waals surface area contributed by atoms with Gasteiger partial charge in [0.2, 0.25) is 5.91 Å². The van der Waals surface area contributed by atoms with Gasteiger partial charge in [-0.3, -0.25) is 19.6 Å². The maximum Gasteiger partial charge on any atom is 0.341 e. The van der Waals surface area contributed by atoms with Crippen molar-refractivity contribution in [2.75, 3.05) is 11.9 Å². The van der Waals surface area contributed by atoms with E-state index in [2.05, 4.69) is 10.4 Å². The highest BCUT2D eigenvalue weighted by atomic mass is 32.1. The second kappa shape index (κ2) is 8.61. The fourth-order valence-electron chi connectivity index (χ4n) is 2.54. The van der Waals surface area contributed by atoms with E-state index < -0.39 is 22.6 Å². The minimum Gasteiger partial charge on any atom is -0.462 e. The number of nitrogens with one attached hydrogen (secondary N) is 1. The van der Waals surface area contributed by atoms with Gasteiger partial charge in [-0.15, -0.1) is 11.3 Å². The molecule has 11 heteroatoms. The van der Waals surface area contributed by atoms with Gasteiger partial charge >= 0.3 is 11.7 Å². The van der Waals surface area contributed by atoms with Crippen LogP contribution in [0.25, 0.3) is 11.1 Å². The second-order valence-corrected chi connectivity index (χ2v) is 6.66. The van der Waals surface area contributed by atoms with Crippen LogP contribution in [0.5, 0.6) is 0 Å². The van der Waals surface area contributed by atoms with Crippen molar-refractivity contribution in [1.82, 2.24) is 9.78 Å². The predicted molar refractivity (Wildman–Crippen MR) is 103 cm³/mol. The van der Waals surface area contributed by atoms with Crippen LogP contribution in [-0.4, -0.2) is 33.2 Å². The summed E-state index contributed by atoms with van der Waals surface area (Å²) in [6, 6.07) is 5.58. The molecule has 1 N–H and O–H groups in total. The third-order valence-electron chi connectivity index (χ3n) is 3.81. The number of carbonyl (C=O) groups is 2. The number of nitrogens with zero attached hydrogens (tertiary/aromatic N) is 3. The van der Waals surface area contributed by atoms with Crippen molar-refractivity contribution < 1.29 is 23.6 Å². The van der Waals surface area contributed by atoms with Gasteiger partial charge in [-0.25, -0.2) is 9.18 Å². The molecule has 0 fully saturated rings. The topological polar surface area (TPSA) is 116 Å². The number of ether oxygens (including phenoxy) is 1. The molecular formula is C18H15FN4O5S. The number of aromatic nitrogens is 2. The van der Waals surface area contributed by atoms with Crippen LogP contribution in [0.2, 0.25) is 0 Å². The molecule has 3 aromatic rings. The zero-order valence-electron chi connectivity index (χ0n) is 15.1. The van der Waals surface area contributed by atoms with Crippen molar-refractivity contribution in [2.45, 2.75) is 13.5 Å². The van der Waals surface area contributed by atoms with E-state index in [9.17, 15) is 24.1 Å². The Hall–Kier alpha value is -3.60. The van der Waals surface area contributed by atoms with Crippen molar-refractivity contribution >= 4 is 33.9 Å². The number of benzene rings is 1. The van der Waals surface area contributed by atoms with Gasteiger partial charge < -0.3 is 10.1 Å². The van der Waals surface area contributed by atoms with Gasteiger partial charge in [-0.05, 0) is 24.6 Å². The summed E-state index contributed by atoms with van der Waals surface area (Å²) >= 11 is 1.11. The molecule has 0 spiro atoms. The van der Waals surface area contributed by atoms with Gasteiger partial charge in [0.15, 0.2) is 0 Å². The van der Waals surface area contributed by atoms with E-state index in [1.165, 1.54) is 24.3 Å². The molecule has 0 bridgehead atoms. The lowest BCUT2D eigenvalue weighted by molar-refractivity contribution is -0.385. The normalized spacial score (nSPS) is 10.6. The number of carbonyl (C=O) groups excluding carboxylic acids is 2. The predicted octanol–water partition coefficient (Wildman–Crippen LogP) is 3.47. The van der Waals surface area contributed by atoms with Crippen LogP contribution >= 0.6 is 11.3 Å². The van der Waals surface area contributed by atoms with E-state index in [0.717, 1.165) is 28.4 Å². The van der Waals surface area contributed by atoms with Crippen LogP contribution in [-0.2, 0) is 16.1 Å². The van der Waals surface area contributed by atoms with E-state index in [0.29, 0.717) is 11.1 Å². The zero-order valence-corrected chi connectivity index (χ0v) is 15.9. The summed E-state index contributed by atoms with van der Waals surface area (Å²) < 4.78 is 19.4. The quantitative estimate of drug-likeness (QED) is 0.357. The number of nitro groups is 1. The molecule has 0 unspecified atom stereocenters. The molecule has 29 heavy (non-hydrogen) atoms. The standard InChI is InChI=1S/C18H15FN4O5S/c1-2-28-18(25)16-14(11-3-5-12(19)6-4-11)10-29-17(16)21-15(24)9-22-8-13(7-20-22)23(26)27/h3-8,10H,2,9H2,1H3,(H,21,24). The summed E-state index contributed by atoms with van der Waals surface area (Å²) in [4.78, 5) is 34.9. The molecular weight excluding hydrogens is 403 g/mol. The number of amides is 1. The van der Waals surface area contributed by atoms with E-state index in [-0.39, 0.29) is 29.4 Å². The average molecular weight is 418 g/mol. The monoisotopic (exact) mass is 418 g/mol. The summed E-state index contributed by atoms with van der Waals surface area (Å²) in [7, 11) is 0. The van der Waals surface area contributed by atoms with Crippen LogP contribution in [0.3, 0.4) is 0 Å². The third kappa shape index (κ3) is 4.63. The maximum atomic E-state index is 13.2. The summed E-state index contributed by atoms with van der Waals surface area (Å²) in [5.74, 6) is -1.57. The molecule has 0 saturated carbocycles. The van der Waals surface area contributed by atoms with Crippen LogP contribution < -0.4 is 5.32 Å². The number of rotatable bonds is 7. The molecule has 2 heterocycles. The largest absolute Gasteiger partial charge is 0.462 e. The highest BCUT2D eigenvalue weighted by molar-refractivity contribution is 7.15. The van der Waals surface area contributed by atoms with E-state index in [1.807, 2.05) is 0 Å². The molecule has 0 saturated heterocycles. The average Bonchev–Trinajstić information content (AvgIpc) is 3.30. The number of hydrogen-bond acceptors (Lipinski definition) is 7. The molecule has 0 aliphatic heterocycles. The summed E-state index contributed by atoms with van der Waals surface area (Å²) in [6.45, 7) is 1.52. The van der Waals surface area contributed by atoms with Crippen molar-refractivity contribution in [1.29, 1.82) is 0 Å². The van der Waals surface area contributed by atoms with Gasteiger partial charge in [0, 0.05) is 10.9 Å². The second-order valence-electron chi connectivity index (χ2n) is 5.78. The lowest BCUT2D eigenvalue weighted by Gasteiger charge is -2.09. The van der Waals surface area contributed by atoms with E-state index >= 15 is 0 Å². The SMILES string of the molecule is CCOC(=O)c1c(-c2ccc(F)cc2)csc1NC(=O)Cn1cc([N+](=O)[O-])cn1. The minimum absolute atomic E-state index is 0.141. The Morgan fingerprint density at radius 3 is 2.69 bits per heavy atom. The third-order valence-corrected chi connectivity index (χ3v) is 4.71. The highest BCUT2D eigenvalue weighted by Crippen LogP contribution is 2.36. The van der Waals surface area contributed by atoms with E-state index in [1.54, 1.807) is 12.3 Å². The first-order chi connectivity index (χ1) is 13.9. The molecule has 1 amide bonds. The number of anilines is 1. The Labute approximate surface area is 167 Å². The Morgan fingerprint density at radius 2 is 2.07 bits per heavy atom. The van der Waals surface area contributed by atoms with Gasteiger partial charge in [0.1, 0.15) is 35.3 Å². The molecule has 0 radical (unpaired) electrons. The number of thiophene rings is 1. The minimum atomic E-state index is -0.627. The zero-order chi connectivity index (χ0) is 21.0. The Kier molecular flexibility index (Phi) is 5.98. The first-order valence-corrected chi connectivity index (χ1v) is 9.28. The highest BCUT2D eigenvalue weighted by Gasteiger charge is 2.23. The lowest BCUT2D eigenvalue weighted by atomic mass is 10.0. The van der Waals surface area contributed by atoms with Crippen LogP contribution in [0.1, 0.15) is 17.3 Å². The van der Waals surface area contributed by atoms with Crippen LogP contribution in [0.15, 0.2) is 42.0 Å². The van der Waals surface area contributed by atoms with Crippen molar-refractivity contribution in [2.24, 2.45) is 0 Å². The fourth-order valence-corrected chi connectivity index (χ4v) is 3.52. The molecule has 0 aliphatic carbocycles. The van der Waals surface area contributed by atoms with Crippen molar-refractivity contribution in [3.8, 4) is 11.1 Å². The smallest absolute Gasteiger partial charge is 0.341 e. The summed E-state index contributed by atoms with van der Waals surface area (Å²) in [5, 5.41) is 19.0. The Morgan fingerprint density at radius 1 is 1.34 bits per heavy atom. The maximum absolute atomic E-state index is 13.2. The first-order valence-electron chi connectivity index (χ1n) is 8.40. The van der Waals surface area contributed by atoms with Gasteiger partial charge in [-0.1, -0.05) is 12.1 Å². The van der Waals surface area contributed by atoms with Crippen LogP contribution in [0, 0.1) is 15.9 Å². The molecule has 2 aromatic heterocycles. The fraction of sp³-hybridized carbons (Fsp3) is 0.167. The number of esters is 1. The molecule has 0 atom stereocenters. The van der Waals surface area contributed by atoms with Gasteiger partial charge in [-0.2, -0.15) is 5.10 Å².